The Balaban J connectivity index is 1.52. The number of aryl methyl sites for hydroxylation is 3. The molecular formula is C21H26N4O3S. The van der Waals surface area contributed by atoms with E-state index in [-0.39, 0.29) is 5.91 Å². The average Bonchev–Trinajstić information content (AvgIpc) is 3.26. The number of carbonyl (C=O) groups is 1. The molecule has 1 amide bonds. The standard InChI is InChI=1S/C21H26N4O3S/c1-13-11-16(15(3)29-13)18-12-17(19-14(2)24-28-21(19)23-18)20(26)22-5-4-6-25-7-9-27-10-8-25/h11-12H,4-10H2,1-3H3,(H,22,26). The number of ether oxygens (including phenoxy) is 1. The summed E-state index contributed by atoms with van der Waals surface area (Å²) >= 11 is 1.72. The number of carbonyl (C=O) groups excluding carboxylic acids is 1. The highest BCUT2D eigenvalue weighted by atomic mass is 32.1. The van der Waals surface area contributed by atoms with Crippen LogP contribution in [0.1, 0.15) is 32.2 Å². The van der Waals surface area contributed by atoms with Crippen LogP contribution in [0, 0.1) is 20.8 Å². The molecule has 0 atom stereocenters. The molecule has 1 N–H and O–H groups in total. The fourth-order valence-corrected chi connectivity index (χ4v) is 4.65. The Labute approximate surface area is 174 Å². The SMILES string of the molecule is Cc1cc(-c2cc(C(=O)NCCCN3CCOCC3)c3c(C)noc3n2)c(C)s1. The van der Waals surface area contributed by atoms with Crippen molar-refractivity contribution in [2.24, 2.45) is 0 Å². The molecule has 4 heterocycles. The smallest absolute Gasteiger partial charge is 0.259 e. The van der Waals surface area contributed by atoms with Gasteiger partial charge >= 0.3 is 0 Å². The Hall–Kier alpha value is -2.29. The normalized spacial score (nSPS) is 15.1. The number of rotatable bonds is 6. The van der Waals surface area contributed by atoms with Gasteiger partial charge < -0.3 is 14.6 Å². The molecule has 0 saturated carbocycles. The number of hydrogen-bond acceptors (Lipinski definition) is 7. The van der Waals surface area contributed by atoms with E-state index in [0.717, 1.165) is 50.5 Å². The van der Waals surface area contributed by atoms with Gasteiger partial charge in [0.1, 0.15) is 0 Å². The van der Waals surface area contributed by atoms with Gasteiger partial charge in [0.05, 0.1) is 35.6 Å². The van der Waals surface area contributed by atoms with E-state index in [1.165, 1.54) is 9.75 Å². The van der Waals surface area contributed by atoms with Gasteiger partial charge in [0.25, 0.3) is 11.6 Å². The number of nitrogens with zero attached hydrogens (tertiary/aromatic N) is 3. The van der Waals surface area contributed by atoms with Crippen molar-refractivity contribution in [2.45, 2.75) is 27.2 Å². The molecule has 1 fully saturated rings. The average molecular weight is 415 g/mol. The van der Waals surface area contributed by atoms with Crippen LogP contribution in [0.5, 0.6) is 0 Å². The minimum Gasteiger partial charge on any atom is -0.379 e. The second-order valence-corrected chi connectivity index (χ2v) is 8.85. The zero-order chi connectivity index (χ0) is 20.4. The molecule has 7 nitrogen and oxygen atoms in total. The Bertz CT molecular complexity index is 1020. The van der Waals surface area contributed by atoms with Gasteiger partial charge in [-0.2, -0.15) is 0 Å². The largest absolute Gasteiger partial charge is 0.379 e. The number of morpholine rings is 1. The number of amides is 1. The zero-order valence-electron chi connectivity index (χ0n) is 17.1. The summed E-state index contributed by atoms with van der Waals surface area (Å²) in [7, 11) is 0. The van der Waals surface area contributed by atoms with E-state index in [9.17, 15) is 4.79 Å². The van der Waals surface area contributed by atoms with E-state index < -0.39 is 0 Å². The van der Waals surface area contributed by atoms with Gasteiger partial charge in [-0.15, -0.1) is 11.3 Å². The number of pyridine rings is 1. The lowest BCUT2D eigenvalue weighted by atomic mass is 10.1. The predicted molar refractivity (Wildman–Crippen MR) is 114 cm³/mol. The highest BCUT2D eigenvalue weighted by Gasteiger charge is 2.20. The molecule has 1 aliphatic heterocycles. The lowest BCUT2D eigenvalue weighted by Gasteiger charge is -2.26. The van der Waals surface area contributed by atoms with E-state index in [1.54, 1.807) is 11.3 Å². The second kappa shape index (κ2) is 8.61. The number of hydrogen-bond donors (Lipinski definition) is 1. The maximum atomic E-state index is 13.0. The van der Waals surface area contributed by atoms with Crippen LogP contribution in [-0.2, 0) is 4.74 Å². The fraction of sp³-hybridized carbons (Fsp3) is 0.476. The number of aromatic nitrogens is 2. The van der Waals surface area contributed by atoms with E-state index in [4.69, 9.17) is 9.26 Å². The number of nitrogens with one attached hydrogen (secondary N) is 1. The maximum Gasteiger partial charge on any atom is 0.259 e. The van der Waals surface area contributed by atoms with Gasteiger partial charge in [-0.25, -0.2) is 4.98 Å². The molecule has 0 radical (unpaired) electrons. The third-order valence-electron chi connectivity index (χ3n) is 5.22. The van der Waals surface area contributed by atoms with Gasteiger partial charge in [-0.1, -0.05) is 5.16 Å². The van der Waals surface area contributed by atoms with Gasteiger partial charge in [-0.05, 0) is 45.9 Å². The highest BCUT2D eigenvalue weighted by molar-refractivity contribution is 7.12. The van der Waals surface area contributed by atoms with Crippen molar-refractivity contribution < 1.29 is 14.1 Å². The van der Waals surface area contributed by atoms with Crippen molar-refractivity contribution in [2.75, 3.05) is 39.4 Å². The van der Waals surface area contributed by atoms with Crippen molar-refractivity contribution in [3.8, 4) is 11.3 Å². The summed E-state index contributed by atoms with van der Waals surface area (Å²) in [5, 5.41) is 7.76. The molecule has 1 aliphatic rings. The first-order valence-corrected chi connectivity index (χ1v) is 10.8. The molecule has 8 heteroatoms. The monoisotopic (exact) mass is 414 g/mol. The van der Waals surface area contributed by atoms with Gasteiger partial charge in [0.15, 0.2) is 0 Å². The highest BCUT2D eigenvalue weighted by Crippen LogP contribution is 2.32. The summed E-state index contributed by atoms with van der Waals surface area (Å²) in [6, 6.07) is 3.96. The second-order valence-electron chi connectivity index (χ2n) is 7.39. The van der Waals surface area contributed by atoms with Crippen LogP contribution in [0.4, 0.5) is 0 Å². The lowest BCUT2D eigenvalue weighted by molar-refractivity contribution is 0.0374. The molecule has 0 aromatic carbocycles. The molecular weight excluding hydrogens is 388 g/mol. The summed E-state index contributed by atoms with van der Waals surface area (Å²) < 4.78 is 10.8. The quantitative estimate of drug-likeness (QED) is 0.623. The van der Waals surface area contributed by atoms with Crippen molar-refractivity contribution in [1.82, 2.24) is 20.4 Å². The Morgan fingerprint density at radius 1 is 1.24 bits per heavy atom. The molecule has 0 bridgehead atoms. The molecule has 3 aromatic heterocycles. The van der Waals surface area contributed by atoms with Gasteiger partial charge in [-0.3, -0.25) is 9.69 Å². The topological polar surface area (TPSA) is 80.5 Å². The third kappa shape index (κ3) is 4.34. The van der Waals surface area contributed by atoms with Crippen molar-refractivity contribution in [3.63, 3.8) is 0 Å². The minimum atomic E-state index is -0.114. The first kappa shape index (κ1) is 20.0. The maximum absolute atomic E-state index is 13.0. The molecule has 1 saturated heterocycles. The minimum absolute atomic E-state index is 0.114. The van der Waals surface area contributed by atoms with Crippen molar-refractivity contribution >= 4 is 28.3 Å². The van der Waals surface area contributed by atoms with E-state index in [2.05, 4.69) is 40.3 Å². The van der Waals surface area contributed by atoms with Crippen molar-refractivity contribution in [3.05, 3.63) is 33.1 Å². The van der Waals surface area contributed by atoms with E-state index >= 15 is 0 Å². The van der Waals surface area contributed by atoms with Crippen molar-refractivity contribution in [1.29, 1.82) is 0 Å². The number of thiophene rings is 1. The fourth-order valence-electron chi connectivity index (χ4n) is 3.72. The Morgan fingerprint density at radius 3 is 2.76 bits per heavy atom. The molecule has 0 unspecified atom stereocenters. The van der Waals surface area contributed by atoms with Crippen LogP contribution in [-0.4, -0.2) is 60.3 Å². The summed E-state index contributed by atoms with van der Waals surface area (Å²) in [5.74, 6) is -0.114. The Kier molecular flexibility index (Phi) is 5.94. The van der Waals surface area contributed by atoms with Gasteiger partial charge in [0, 0.05) is 35.0 Å². The zero-order valence-corrected chi connectivity index (χ0v) is 17.9. The van der Waals surface area contributed by atoms with Crippen LogP contribution >= 0.6 is 11.3 Å². The van der Waals surface area contributed by atoms with Gasteiger partial charge in [0.2, 0.25) is 0 Å². The summed E-state index contributed by atoms with van der Waals surface area (Å²) in [6.07, 6.45) is 0.901. The first-order chi connectivity index (χ1) is 14.0. The first-order valence-electron chi connectivity index (χ1n) is 9.95. The molecule has 0 spiro atoms. The number of fused-ring (bicyclic) bond motifs is 1. The third-order valence-corrected chi connectivity index (χ3v) is 6.18. The molecule has 154 valence electrons. The summed E-state index contributed by atoms with van der Waals surface area (Å²) in [4.78, 5) is 22.4. The lowest BCUT2D eigenvalue weighted by Crippen LogP contribution is -2.38. The molecule has 3 aromatic rings. The molecule has 29 heavy (non-hydrogen) atoms. The van der Waals surface area contributed by atoms with Crippen LogP contribution in [0.25, 0.3) is 22.4 Å². The summed E-state index contributed by atoms with van der Waals surface area (Å²) in [5.41, 5.74) is 3.43. The summed E-state index contributed by atoms with van der Waals surface area (Å²) in [6.45, 7) is 11.1. The predicted octanol–water partition coefficient (Wildman–Crippen LogP) is 3.33. The van der Waals surface area contributed by atoms with Crippen LogP contribution in [0.15, 0.2) is 16.7 Å². The van der Waals surface area contributed by atoms with E-state index in [1.807, 2.05) is 13.0 Å². The van der Waals surface area contributed by atoms with Crippen LogP contribution in [0.2, 0.25) is 0 Å². The van der Waals surface area contributed by atoms with Crippen LogP contribution in [0.3, 0.4) is 0 Å². The van der Waals surface area contributed by atoms with Crippen LogP contribution < -0.4 is 5.32 Å². The van der Waals surface area contributed by atoms with E-state index in [0.29, 0.717) is 28.9 Å². The molecule has 4 rings (SSSR count). The Morgan fingerprint density at radius 2 is 2.03 bits per heavy atom. The molecule has 0 aliphatic carbocycles.